The van der Waals surface area contributed by atoms with Gasteiger partial charge in [-0.25, -0.2) is 0 Å². The average Bonchev–Trinajstić information content (AvgIpc) is 2.74. The van der Waals surface area contributed by atoms with Crippen LogP contribution in [-0.2, 0) is 17.5 Å². The smallest absolute Gasteiger partial charge is 0.324 e. The van der Waals surface area contributed by atoms with Crippen LogP contribution in [0.25, 0.3) is 0 Å². The zero-order valence-electron chi connectivity index (χ0n) is 16.9. The Labute approximate surface area is 183 Å². The number of alkyl halides is 3. The summed E-state index contributed by atoms with van der Waals surface area (Å²) in [5, 5.41) is 11.7. The van der Waals surface area contributed by atoms with Crippen LogP contribution in [-0.4, -0.2) is 54.2 Å². The molecule has 0 saturated carbocycles. The van der Waals surface area contributed by atoms with Crippen LogP contribution in [0.1, 0.15) is 11.1 Å². The van der Waals surface area contributed by atoms with Crippen molar-refractivity contribution in [1.82, 2.24) is 9.80 Å². The zero-order valence-corrected chi connectivity index (χ0v) is 17.7. The highest BCUT2D eigenvalue weighted by Gasteiger charge is 2.30. The first-order valence-electron chi connectivity index (χ1n) is 9.84. The second-order valence-electron chi connectivity index (χ2n) is 7.24. The number of carbonyl (C=O) groups excluding carboxylic acids is 1. The standard InChI is InChI=1S/C22H23F3N4OS/c23-22(24,25)18-7-5-17(6-8-18)15-28-10-12-29(13-11-28)16-21(30)27-19-3-1-2-4-20(19)31-14-9-26/h1-8H,10-16H2,(H,27,30). The Morgan fingerprint density at radius 2 is 1.68 bits per heavy atom. The van der Waals surface area contributed by atoms with E-state index in [1.54, 1.807) is 0 Å². The van der Waals surface area contributed by atoms with Gasteiger partial charge in [0, 0.05) is 37.6 Å². The van der Waals surface area contributed by atoms with Gasteiger partial charge in [-0.15, -0.1) is 11.8 Å². The molecule has 2 aromatic rings. The van der Waals surface area contributed by atoms with Gasteiger partial charge < -0.3 is 5.32 Å². The molecule has 0 aliphatic carbocycles. The predicted molar refractivity (Wildman–Crippen MR) is 115 cm³/mol. The van der Waals surface area contributed by atoms with E-state index in [9.17, 15) is 18.0 Å². The third kappa shape index (κ3) is 6.99. The van der Waals surface area contributed by atoms with Gasteiger partial charge >= 0.3 is 6.18 Å². The minimum absolute atomic E-state index is 0.110. The third-order valence-electron chi connectivity index (χ3n) is 4.97. The van der Waals surface area contributed by atoms with Crippen LogP contribution in [0, 0.1) is 11.3 Å². The molecule has 1 aliphatic rings. The van der Waals surface area contributed by atoms with E-state index in [0.29, 0.717) is 31.1 Å². The monoisotopic (exact) mass is 448 g/mol. The minimum Gasteiger partial charge on any atom is -0.324 e. The fourth-order valence-corrected chi connectivity index (χ4v) is 4.03. The van der Waals surface area contributed by atoms with E-state index in [1.165, 1.54) is 23.9 Å². The quantitative estimate of drug-likeness (QED) is 0.647. The van der Waals surface area contributed by atoms with Crippen LogP contribution < -0.4 is 5.32 Å². The summed E-state index contributed by atoms with van der Waals surface area (Å²) in [6, 6.07) is 14.7. The zero-order chi connectivity index (χ0) is 22.3. The Balaban J connectivity index is 1.45. The molecule has 1 amide bonds. The van der Waals surface area contributed by atoms with E-state index < -0.39 is 11.7 Å². The van der Waals surface area contributed by atoms with Crippen LogP contribution in [0.2, 0.25) is 0 Å². The molecule has 0 atom stereocenters. The molecule has 9 heteroatoms. The summed E-state index contributed by atoms with van der Waals surface area (Å²) in [5.41, 5.74) is 0.902. The molecule has 0 bridgehead atoms. The second kappa shape index (κ2) is 10.7. The first-order valence-corrected chi connectivity index (χ1v) is 10.8. The summed E-state index contributed by atoms with van der Waals surface area (Å²) < 4.78 is 38.0. The number of thioether (sulfide) groups is 1. The van der Waals surface area contributed by atoms with Gasteiger partial charge in [0.15, 0.2) is 0 Å². The topological polar surface area (TPSA) is 59.4 Å². The SMILES string of the molecule is N#CCSc1ccccc1NC(=O)CN1CCN(Cc2ccc(C(F)(F)F)cc2)CC1. The van der Waals surface area contributed by atoms with Crippen LogP contribution in [0.15, 0.2) is 53.4 Å². The molecule has 1 aliphatic heterocycles. The molecule has 164 valence electrons. The first kappa shape index (κ1) is 23.1. The van der Waals surface area contributed by atoms with Crippen molar-refractivity contribution in [3.05, 3.63) is 59.7 Å². The fraction of sp³-hybridized carbons (Fsp3) is 0.364. The number of hydrogen-bond donors (Lipinski definition) is 1. The van der Waals surface area contributed by atoms with Crippen molar-refractivity contribution in [3.8, 4) is 6.07 Å². The molecule has 31 heavy (non-hydrogen) atoms. The number of halogens is 3. The molecule has 1 heterocycles. The summed E-state index contributed by atoms with van der Waals surface area (Å²) in [7, 11) is 0. The molecule has 0 aromatic heterocycles. The summed E-state index contributed by atoms with van der Waals surface area (Å²) in [5.74, 6) is 0.203. The van der Waals surface area contributed by atoms with Crippen LogP contribution in [0.5, 0.6) is 0 Å². The van der Waals surface area contributed by atoms with E-state index in [-0.39, 0.29) is 12.5 Å². The minimum atomic E-state index is -4.32. The normalized spacial score (nSPS) is 15.4. The Hall–Kier alpha value is -2.54. The molecular formula is C22H23F3N4OS. The maximum Gasteiger partial charge on any atom is 0.416 e. The number of rotatable bonds is 7. The molecule has 0 radical (unpaired) electrons. The Morgan fingerprint density at radius 3 is 2.32 bits per heavy atom. The van der Waals surface area contributed by atoms with E-state index in [0.717, 1.165) is 35.7 Å². The molecule has 0 spiro atoms. The molecule has 1 N–H and O–H groups in total. The van der Waals surface area contributed by atoms with Crippen LogP contribution >= 0.6 is 11.8 Å². The average molecular weight is 449 g/mol. The number of anilines is 1. The van der Waals surface area contributed by atoms with Gasteiger partial charge in [-0.1, -0.05) is 24.3 Å². The van der Waals surface area contributed by atoms with Crippen LogP contribution in [0.3, 0.4) is 0 Å². The molecule has 3 rings (SSSR count). The lowest BCUT2D eigenvalue weighted by Crippen LogP contribution is -2.48. The van der Waals surface area contributed by atoms with Gasteiger partial charge in [-0.05, 0) is 29.8 Å². The van der Waals surface area contributed by atoms with E-state index >= 15 is 0 Å². The van der Waals surface area contributed by atoms with Crippen molar-refractivity contribution < 1.29 is 18.0 Å². The number of amides is 1. The van der Waals surface area contributed by atoms with Crippen molar-refractivity contribution in [3.63, 3.8) is 0 Å². The van der Waals surface area contributed by atoms with Gasteiger partial charge in [-0.3, -0.25) is 14.6 Å². The molecule has 2 aromatic carbocycles. The van der Waals surface area contributed by atoms with Crippen molar-refractivity contribution >= 4 is 23.4 Å². The molecule has 1 fully saturated rings. The second-order valence-corrected chi connectivity index (χ2v) is 8.26. The lowest BCUT2D eigenvalue weighted by atomic mass is 10.1. The maximum absolute atomic E-state index is 12.7. The molecular weight excluding hydrogens is 425 g/mol. The molecule has 5 nitrogen and oxygen atoms in total. The molecule has 1 saturated heterocycles. The number of nitrogens with one attached hydrogen (secondary N) is 1. The van der Waals surface area contributed by atoms with E-state index in [2.05, 4.69) is 21.2 Å². The van der Waals surface area contributed by atoms with Crippen LogP contribution in [0.4, 0.5) is 18.9 Å². The Morgan fingerprint density at radius 1 is 1.03 bits per heavy atom. The van der Waals surface area contributed by atoms with E-state index in [4.69, 9.17) is 5.26 Å². The fourth-order valence-electron chi connectivity index (χ4n) is 3.36. The van der Waals surface area contributed by atoms with Crippen molar-refractivity contribution in [2.24, 2.45) is 0 Å². The number of para-hydroxylation sites is 1. The Bertz CT molecular complexity index is 920. The third-order valence-corrected chi connectivity index (χ3v) is 5.91. The number of nitrogens with zero attached hydrogens (tertiary/aromatic N) is 3. The number of piperazine rings is 1. The summed E-state index contributed by atoms with van der Waals surface area (Å²) in [6.07, 6.45) is -4.32. The number of hydrogen-bond acceptors (Lipinski definition) is 5. The van der Waals surface area contributed by atoms with Gasteiger partial charge in [0.1, 0.15) is 0 Å². The summed E-state index contributed by atoms with van der Waals surface area (Å²) in [6.45, 7) is 3.75. The van der Waals surface area contributed by atoms with E-state index in [1.807, 2.05) is 24.3 Å². The summed E-state index contributed by atoms with van der Waals surface area (Å²) >= 11 is 1.38. The number of benzene rings is 2. The maximum atomic E-state index is 12.7. The van der Waals surface area contributed by atoms with Crippen molar-refractivity contribution in [1.29, 1.82) is 5.26 Å². The largest absolute Gasteiger partial charge is 0.416 e. The highest BCUT2D eigenvalue weighted by Crippen LogP contribution is 2.29. The highest BCUT2D eigenvalue weighted by molar-refractivity contribution is 7.99. The van der Waals surface area contributed by atoms with Crippen molar-refractivity contribution in [2.45, 2.75) is 17.6 Å². The lowest BCUT2D eigenvalue weighted by Gasteiger charge is -2.34. The summed E-state index contributed by atoms with van der Waals surface area (Å²) in [4.78, 5) is 17.6. The van der Waals surface area contributed by atoms with Gasteiger partial charge in [0.25, 0.3) is 0 Å². The lowest BCUT2D eigenvalue weighted by molar-refractivity contribution is -0.137. The highest BCUT2D eigenvalue weighted by atomic mass is 32.2. The Kier molecular flexibility index (Phi) is 7.96. The number of nitriles is 1. The van der Waals surface area contributed by atoms with Gasteiger partial charge in [0.2, 0.25) is 5.91 Å². The predicted octanol–water partition coefficient (Wildman–Crippen LogP) is 4.08. The van der Waals surface area contributed by atoms with Crippen molar-refractivity contribution in [2.75, 3.05) is 43.8 Å². The number of carbonyl (C=O) groups is 1. The molecule has 0 unspecified atom stereocenters. The van der Waals surface area contributed by atoms with Gasteiger partial charge in [-0.2, -0.15) is 18.4 Å². The first-order chi connectivity index (χ1) is 14.8. The van der Waals surface area contributed by atoms with Gasteiger partial charge in [0.05, 0.1) is 29.6 Å².